The summed E-state index contributed by atoms with van der Waals surface area (Å²) in [6.45, 7) is 12.8. The Labute approximate surface area is 105 Å². The van der Waals surface area contributed by atoms with Gasteiger partial charge in [0.05, 0.1) is 5.69 Å². The molecule has 1 aromatic rings. The minimum absolute atomic E-state index is 0.936. The first-order valence-electron chi connectivity index (χ1n) is 6.62. The van der Waals surface area contributed by atoms with E-state index in [4.69, 9.17) is 0 Å². The molecule has 0 aliphatic rings. The molecule has 1 rings (SSSR count). The van der Waals surface area contributed by atoms with E-state index in [1.54, 1.807) is 0 Å². The quantitative estimate of drug-likeness (QED) is 0.792. The average Bonchev–Trinajstić information content (AvgIpc) is 2.55. The highest BCUT2D eigenvalue weighted by molar-refractivity contribution is 5.47. The van der Waals surface area contributed by atoms with Crippen LogP contribution >= 0.6 is 0 Å². The Hall–Kier alpha value is -1.03. The average molecular weight is 238 g/mol. The molecule has 1 aromatic heterocycles. The minimum atomic E-state index is 0.936. The van der Waals surface area contributed by atoms with Crippen molar-refractivity contribution in [2.24, 2.45) is 7.05 Å². The SMILES string of the molecule is CCCN(CC)Cc1c(C)nn(C)c1NCC. The molecular formula is C13H26N4. The van der Waals surface area contributed by atoms with Crippen LogP contribution in [-0.2, 0) is 13.6 Å². The fraction of sp³-hybridized carbons (Fsp3) is 0.769. The molecule has 98 valence electrons. The molecule has 1 heterocycles. The summed E-state index contributed by atoms with van der Waals surface area (Å²) in [6.07, 6.45) is 1.20. The first-order chi connectivity index (χ1) is 8.13. The molecule has 0 fully saturated rings. The van der Waals surface area contributed by atoms with Crippen molar-refractivity contribution < 1.29 is 0 Å². The molecule has 0 aromatic carbocycles. The molecule has 0 saturated heterocycles. The summed E-state index contributed by atoms with van der Waals surface area (Å²) in [6, 6.07) is 0. The van der Waals surface area contributed by atoms with Gasteiger partial charge in [-0.25, -0.2) is 0 Å². The van der Waals surface area contributed by atoms with E-state index in [2.05, 4.69) is 43.0 Å². The van der Waals surface area contributed by atoms with Gasteiger partial charge in [-0.2, -0.15) is 5.10 Å². The van der Waals surface area contributed by atoms with E-state index in [0.29, 0.717) is 0 Å². The third-order valence-corrected chi connectivity index (χ3v) is 3.06. The monoisotopic (exact) mass is 238 g/mol. The van der Waals surface area contributed by atoms with Gasteiger partial charge in [0.2, 0.25) is 0 Å². The zero-order valence-corrected chi connectivity index (χ0v) is 11.9. The first-order valence-corrected chi connectivity index (χ1v) is 6.62. The van der Waals surface area contributed by atoms with Crippen molar-refractivity contribution in [2.75, 3.05) is 25.0 Å². The fourth-order valence-electron chi connectivity index (χ4n) is 2.17. The predicted octanol–water partition coefficient (Wildman–Crippen LogP) is 2.39. The van der Waals surface area contributed by atoms with Gasteiger partial charge in [0, 0.05) is 25.7 Å². The Morgan fingerprint density at radius 3 is 2.53 bits per heavy atom. The molecule has 0 atom stereocenters. The van der Waals surface area contributed by atoms with E-state index in [-0.39, 0.29) is 0 Å². The number of rotatable bonds is 7. The van der Waals surface area contributed by atoms with Crippen LogP contribution in [0.25, 0.3) is 0 Å². The molecule has 1 N–H and O–H groups in total. The molecule has 0 amide bonds. The van der Waals surface area contributed by atoms with Crippen molar-refractivity contribution >= 4 is 5.82 Å². The summed E-state index contributed by atoms with van der Waals surface area (Å²) >= 11 is 0. The second-order valence-corrected chi connectivity index (χ2v) is 4.44. The van der Waals surface area contributed by atoms with Crippen molar-refractivity contribution in [1.82, 2.24) is 14.7 Å². The van der Waals surface area contributed by atoms with Crippen molar-refractivity contribution in [3.8, 4) is 0 Å². The second-order valence-electron chi connectivity index (χ2n) is 4.44. The summed E-state index contributed by atoms with van der Waals surface area (Å²) < 4.78 is 1.95. The maximum absolute atomic E-state index is 4.50. The summed E-state index contributed by atoms with van der Waals surface area (Å²) in [4.78, 5) is 2.46. The van der Waals surface area contributed by atoms with Gasteiger partial charge in [0.15, 0.2) is 0 Å². The van der Waals surface area contributed by atoms with E-state index in [9.17, 15) is 0 Å². The molecule has 4 heteroatoms. The lowest BCUT2D eigenvalue weighted by Gasteiger charge is -2.20. The Morgan fingerprint density at radius 1 is 1.29 bits per heavy atom. The van der Waals surface area contributed by atoms with E-state index >= 15 is 0 Å². The third kappa shape index (κ3) is 3.46. The Balaban J connectivity index is 2.87. The van der Waals surface area contributed by atoms with Crippen LogP contribution in [0.3, 0.4) is 0 Å². The van der Waals surface area contributed by atoms with Crippen LogP contribution in [0.4, 0.5) is 5.82 Å². The van der Waals surface area contributed by atoms with Crippen LogP contribution in [0.15, 0.2) is 0 Å². The number of aromatic nitrogens is 2. The fourth-order valence-corrected chi connectivity index (χ4v) is 2.17. The van der Waals surface area contributed by atoms with E-state index in [1.807, 2.05) is 11.7 Å². The van der Waals surface area contributed by atoms with E-state index in [0.717, 1.165) is 31.9 Å². The minimum Gasteiger partial charge on any atom is -0.370 e. The number of anilines is 1. The summed E-state index contributed by atoms with van der Waals surface area (Å²) in [5.74, 6) is 1.17. The van der Waals surface area contributed by atoms with Gasteiger partial charge in [-0.15, -0.1) is 0 Å². The molecule has 4 nitrogen and oxygen atoms in total. The highest BCUT2D eigenvalue weighted by Crippen LogP contribution is 2.20. The van der Waals surface area contributed by atoms with Gasteiger partial charge in [-0.1, -0.05) is 13.8 Å². The topological polar surface area (TPSA) is 33.1 Å². The Bertz CT molecular complexity index is 343. The first kappa shape index (κ1) is 14.0. The maximum Gasteiger partial charge on any atom is 0.128 e. The molecule has 0 aliphatic carbocycles. The lowest BCUT2D eigenvalue weighted by Crippen LogP contribution is -2.24. The largest absolute Gasteiger partial charge is 0.370 e. The number of aryl methyl sites for hydroxylation is 2. The lowest BCUT2D eigenvalue weighted by atomic mass is 10.2. The summed E-state index contributed by atoms with van der Waals surface area (Å²) in [5, 5.41) is 7.92. The normalized spacial score (nSPS) is 11.2. The maximum atomic E-state index is 4.50. The van der Waals surface area contributed by atoms with Gasteiger partial charge in [-0.05, 0) is 33.4 Å². The van der Waals surface area contributed by atoms with Gasteiger partial charge in [0.1, 0.15) is 5.82 Å². The van der Waals surface area contributed by atoms with Crippen LogP contribution in [0.1, 0.15) is 38.4 Å². The molecule has 0 unspecified atom stereocenters. The van der Waals surface area contributed by atoms with Crippen LogP contribution in [0.5, 0.6) is 0 Å². The van der Waals surface area contributed by atoms with Crippen molar-refractivity contribution in [3.05, 3.63) is 11.3 Å². The molecule has 0 bridgehead atoms. The standard InChI is InChI=1S/C13H26N4/c1-6-9-17(8-3)10-12-11(4)15-16(5)13(12)14-7-2/h14H,6-10H2,1-5H3. The van der Waals surface area contributed by atoms with Gasteiger partial charge < -0.3 is 5.32 Å². The summed E-state index contributed by atoms with van der Waals surface area (Å²) in [7, 11) is 2.00. The van der Waals surface area contributed by atoms with Crippen molar-refractivity contribution in [3.63, 3.8) is 0 Å². The highest BCUT2D eigenvalue weighted by Gasteiger charge is 2.14. The van der Waals surface area contributed by atoms with Gasteiger partial charge in [0.25, 0.3) is 0 Å². The van der Waals surface area contributed by atoms with Crippen LogP contribution in [0, 0.1) is 6.92 Å². The van der Waals surface area contributed by atoms with Crippen LogP contribution in [0.2, 0.25) is 0 Å². The number of nitrogens with one attached hydrogen (secondary N) is 1. The molecule has 0 spiro atoms. The molecule has 0 saturated carbocycles. The van der Waals surface area contributed by atoms with Crippen molar-refractivity contribution in [1.29, 1.82) is 0 Å². The lowest BCUT2D eigenvalue weighted by molar-refractivity contribution is 0.280. The molecule has 0 aliphatic heterocycles. The Morgan fingerprint density at radius 2 is 2.00 bits per heavy atom. The predicted molar refractivity (Wildman–Crippen MR) is 73.4 cm³/mol. The number of hydrogen-bond acceptors (Lipinski definition) is 3. The third-order valence-electron chi connectivity index (χ3n) is 3.06. The molecule has 17 heavy (non-hydrogen) atoms. The van der Waals surface area contributed by atoms with E-state index in [1.165, 1.54) is 17.8 Å². The van der Waals surface area contributed by atoms with E-state index < -0.39 is 0 Å². The Kier molecular flexibility index (Phi) is 5.48. The highest BCUT2D eigenvalue weighted by atomic mass is 15.3. The number of hydrogen-bond donors (Lipinski definition) is 1. The van der Waals surface area contributed by atoms with Crippen molar-refractivity contribution in [2.45, 2.75) is 40.7 Å². The zero-order valence-electron chi connectivity index (χ0n) is 11.9. The number of nitrogens with zero attached hydrogens (tertiary/aromatic N) is 3. The second kappa shape index (κ2) is 6.64. The van der Waals surface area contributed by atoms with Gasteiger partial charge >= 0.3 is 0 Å². The summed E-state index contributed by atoms with van der Waals surface area (Å²) in [5.41, 5.74) is 2.47. The van der Waals surface area contributed by atoms with Crippen LogP contribution < -0.4 is 5.32 Å². The smallest absolute Gasteiger partial charge is 0.128 e. The molecular weight excluding hydrogens is 212 g/mol. The molecule has 0 radical (unpaired) electrons. The zero-order chi connectivity index (χ0) is 12.8. The van der Waals surface area contributed by atoms with Gasteiger partial charge in [-0.3, -0.25) is 9.58 Å². The van der Waals surface area contributed by atoms with Crippen LogP contribution in [-0.4, -0.2) is 34.3 Å².